The molecule has 1 saturated heterocycles. The topological polar surface area (TPSA) is 95.6 Å². The molecule has 0 aliphatic carbocycles. The average Bonchev–Trinajstić information content (AvgIpc) is 2.73. The lowest BCUT2D eigenvalue weighted by Gasteiger charge is -2.32. The van der Waals surface area contributed by atoms with Crippen LogP contribution < -0.4 is 20.1 Å². The summed E-state index contributed by atoms with van der Waals surface area (Å²) in [5, 5.41) is 1.39. The SMILES string of the molecule is COc1cc(OC)c(Cl)c(-c2nc(N3CCOC(C)C3)c3cc(N)ncc3n2)c1Cl. The van der Waals surface area contributed by atoms with Gasteiger partial charge in [-0.3, -0.25) is 0 Å². The fourth-order valence-electron chi connectivity index (χ4n) is 3.48. The molecule has 4 rings (SSSR count). The molecular formula is C20H21Cl2N5O3. The molecule has 3 heterocycles. The first kappa shape index (κ1) is 20.7. The molecule has 8 nitrogen and oxygen atoms in total. The van der Waals surface area contributed by atoms with Crippen LogP contribution in [0.15, 0.2) is 18.3 Å². The van der Waals surface area contributed by atoms with E-state index in [4.69, 9.17) is 48.1 Å². The normalized spacial score (nSPS) is 16.7. The number of halogens is 2. The Labute approximate surface area is 183 Å². The molecule has 30 heavy (non-hydrogen) atoms. The molecule has 10 heteroatoms. The first-order chi connectivity index (χ1) is 14.4. The highest BCUT2D eigenvalue weighted by molar-refractivity contribution is 6.41. The molecular weight excluding hydrogens is 429 g/mol. The first-order valence-corrected chi connectivity index (χ1v) is 10.1. The van der Waals surface area contributed by atoms with E-state index in [0.717, 1.165) is 5.39 Å². The number of anilines is 2. The Morgan fingerprint density at radius 1 is 1.13 bits per heavy atom. The zero-order chi connectivity index (χ0) is 21.4. The molecule has 1 aliphatic heterocycles. The van der Waals surface area contributed by atoms with Gasteiger partial charge in [0.15, 0.2) is 5.82 Å². The second-order valence-electron chi connectivity index (χ2n) is 6.91. The van der Waals surface area contributed by atoms with Gasteiger partial charge in [-0.05, 0) is 13.0 Å². The number of methoxy groups -OCH3 is 2. The van der Waals surface area contributed by atoms with E-state index in [1.807, 2.05) is 6.92 Å². The molecule has 3 aromatic rings. The van der Waals surface area contributed by atoms with Crippen molar-refractivity contribution in [2.45, 2.75) is 13.0 Å². The molecule has 0 saturated carbocycles. The first-order valence-electron chi connectivity index (χ1n) is 9.33. The summed E-state index contributed by atoms with van der Waals surface area (Å²) in [7, 11) is 3.04. The zero-order valence-corrected chi connectivity index (χ0v) is 18.3. The number of fused-ring (bicyclic) bond motifs is 1. The van der Waals surface area contributed by atoms with Gasteiger partial charge in [0, 0.05) is 24.5 Å². The van der Waals surface area contributed by atoms with Crippen molar-refractivity contribution in [3.8, 4) is 22.9 Å². The number of nitrogens with two attached hydrogens (primary N) is 1. The number of hydrogen-bond donors (Lipinski definition) is 1. The van der Waals surface area contributed by atoms with Gasteiger partial charge in [0.1, 0.15) is 23.1 Å². The minimum absolute atomic E-state index is 0.0653. The smallest absolute Gasteiger partial charge is 0.165 e. The van der Waals surface area contributed by atoms with Gasteiger partial charge >= 0.3 is 0 Å². The molecule has 0 amide bonds. The highest BCUT2D eigenvalue weighted by atomic mass is 35.5. The summed E-state index contributed by atoms with van der Waals surface area (Å²) in [4.78, 5) is 15.8. The summed E-state index contributed by atoms with van der Waals surface area (Å²) in [6.45, 7) is 3.97. The van der Waals surface area contributed by atoms with Crippen molar-refractivity contribution in [2.24, 2.45) is 0 Å². The van der Waals surface area contributed by atoms with Crippen LogP contribution in [0.2, 0.25) is 10.0 Å². The van der Waals surface area contributed by atoms with Crippen LogP contribution in [-0.2, 0) is 4.74 Å². The van der Waals surface area contributed by atoms with Gasteiger partial charge in [-0.2, -0.15) is 0 Å². The van der Waals surface area contributed by atoms with Crippen molar-refractivity contribution in [1.82, 2.24) is 15.0 Å². The number of benzene rings is 1. The molecule has 2 N–H and O–H groups in total. The quantitative estimate of drug-likeness (QED) is 0.641. The van der Waals surface area contributed by atoms with E-state index in [2.05, 4.69) is 14.9 Å². The Hall–Kier alpha value is -2.55. The van der Waals surface area contributed by atoms with Gasteiger partial charge in [0.25, 0.3) is 0 Å². The zero-order valence-electron chi connectivity index (χ0n) is 16.8. The average molecular weight is 450 g/mol. The van der Waals surface area contributed by atoms with Gasteiger partial charge in [-0.1, -0.05) is 23.2 Å². The van der Waals surface area contributed by atoms with Crippen molar-refractivity contribution in [3.63, 3.8) is 0 Å². The molecule has 1 fully saturated rings. The maximum absolute atomic E-state index is 6.60. The predicted molar refractivity (Wildman–Crippen MR) is 118 cm³/mol. The summed E-state index contributed by atoms with van der Waals surface area (Å²) >= 11 is 13.2. The van der Waals surface area contributed by atoms with E-state index in [1.54, 1.807) is 18.3 Å². The van der Waals surface area contributed by atoms with E-state index < -0.39 is 0 Å². The number of morpholine rings is 1. The highest BCUT2D eigenvalue weighted by Crippen LogP contribution is 2.45. The van der Waals surface area contributed by atoms with Crippen LogP contribution in [0.3, 0.4) is 0 Å². The third-order valence-electron chi connectivity index (χ3n) is 4.92. The Balaban J connectivity index is 1.98. The fraction of sp³-hybridized carbons (Fsp3) is 0.350. The van der Waals surface area contributed by atoms with Crippen LogP contribution in [0.5, 0.6) is 11.5 Å². The lowest BCUT2D eigenvalue weighted by molar-refractivity contribution is 0.0530. The third kappa shape index (κ3) is 3.66. The maximum Gasteiger partial charge on any atom is 0.165 e. The minimum atomic E-state index is 0.0653. The molecule has 0 radical (unpaired) electrons. The lowest BCUT2D eigenvalue weighted by Crippen LogP contribution is -2.41. The Morgan fingerprint density at radius 2 is 1.83 bits per heavy atom. The number of ether oxygens (including phenoxy) is 3. The van der Waals surface area contributed by atoms with E-state index in [0.29, 0.717) is 69.8 Å². The Morgan fingerprint density at radius 3 is 2.47 bits per heavy atom. The van der Waals surface area contributed by atoms with E-state index >= 15 is 0 Å². The van der Waals surface area contributed by atoms with Gasteiger partial charge in [0.05, 0.1) is 54.3 Å². The van der Waals surface area contributed by atoms with Crippen LogP contribution in [0.1, 0.15) is 6.92 Å². The fourth-order valence-corrected chi connectivity index (χ4v) is 4.15. The number of pyridine rings is 1. The summed E-state index contributed by atoms with van der Waals surface area (Å²) in [6, 6.07) is 3.39. The second-order valence-corrected chi connectivity index (χ2v) is 7.66. The predicted octanol–water partition coefficient (Wildman–Crippen LogP) is 3.82. The molecule has 1 aliphatic rings. The molecule has 2 aromatic heterocycles. The molecule has 1 aromatic carbocycles. The number of hydrogen-bond acceptors (Lipinski definition) is 8. The van der Waals surface area contributed by atoms with Crippen LogP contribution in [0, 0.1) is 0 Å². The Bertz CT molecular complexity index is 1080. The van der Waals surface area contributed by atoms with Gasteiger partial charge in [-0.15, -0.1) is 0 Å². The van der Waals surface area contributed by atoms with E-state index in [9.17, 15) is 0 Å². The summed E-state index contributed by atoms with van der Waals surface area (Å²) in [5.41, 5.74) is 6.99. The van der Waals surface area contributed by atoms with Crippen molar-refractivity contribution in [3.05, 3.63) is 28.4 Å². The third-order valence-corrected chi connectivity index (χ3v) is 5.67. The standard InChI is InChI=1S/C20H21Cl2N5O3/c1-10-9-27(4-5-30-10)20-11-6-15(23)24-8-12(11)25-19(26-20)16-17(21)13(28-2)7-14(29-3)18(16)22/h6-8,10H,4-5,9H2,1-3H3,(H2,23,24). The molecule has 0 bridgehead atoms. The lowest BCUT2D eigenvalue weighted by atomic mass is 10.1. The van der Waals surface area contributed by atoms with E-state index in [-0.39, 0.29) is 6.10 Å². The number of nitrogens with zero attached hydrogens (tertiary/aromatic N) is 4. The van der Waals surface area contributed by atoms with Crippen molar-refractivity contribution < 1.29 is 14.2 Å². The second kappa shape index (κ2) is 8.29. The number of rotatable bonds is 4. The van der Waals surface area contributed by atoms with Crippen molar-refractivity contribution in [1.29, 1.82) is 0 Å². The number of nitrogen functional groups attached to an aromatic ring is 1. The molecule has 158 valence electrons. The van der Waals surface area contributed by atoms with Crippen LogP contribution in [-0.4, -0.2) is 55.0 Å². The summed E-state index contributed by atoms with van der Waals surface area (Å²) in [5.74, 6) is 2.27. The highest BCUT2D eigenvalue weighted by Gasteiger charge is 2.25. The monoisotopic (exact) mass is 449 g/mol. The van der Waals surface area contributed by atoms with Gasteiger partial charge in [-0.25, -0.2) is 15.0 Å². The maximum atomic E-state index is 6.60. The van der Waals surface area contributed by atoms with Gasteiger partial charge < -0.3 is 24.8 Å². The van der Waals surface area contributed by atoms with Crippen LogP contribution >= 0.6 is 23.2 Å². The molecule has 1 atom stereocenters. The van der Waals surface area contributed by atoms with Gasteiger partial charge in [0.2, 0.25) is 0 Å². The summed E-state index contributed by atoms with van der Waals surface area (Å²) < 4.78 is 16.5. The van der Waals surface area contributed by atoms with Crippen LogP contribution in [0.4, 0.5) is 11.6 Å². The van der Waals surface area contributed by atoms with Crippen molar-refractivity contribution >= 4 is 45.7 Å². The Kier molecular flexibility index (Phi) is 5.73. The minimum Gasteiger partial charge on any atom is -0.495 e. The summed E-state index contributed by atoms with van der Waals surface area (Å²) in [6.07, 6.45) is 1.68. The van der Waals surface area contributed by atoms with Crippen LogP contribution in [0.25, 0.3) is 22.3 Å². The molecule has 1 unspecified atom stereocenters. The van der Waals surface area contributed by atoms with Crippen molar-refractivity contribution in [2.75, 3.05) is 44.5 Å². The largest absolute Gasteiger partial charge is 0.495 e. The number of aromatic nitrogens is 3. The van der Waals surface area contributed by atoms with E-state index in [1.165, 1.54) is 14.2 Å². The molecule has 0 spiro atoms.